The molecule has 0 radical (unpaired) electrons. The second-order valence-electron chi connectivity index (χ2n) is 5.55. The Bertz CT molecular complexity index is 881. The summed E-state index contributed by atoms with van der Waals surface area (Å²) in [5.74, 6) is -0.226. The summed E-state index contributed by atoms with van der Waals surface area (Å²) in [6, 6.07) is 0. The number of hydrogen-bond acceptors (Lipinski definition) is 6. The van der Waals surface area contributed by atoms with Crippen molar-refractivity contribution in [3.63, 3.8) is 0 Å². The number of nitrogen functional groups attached to an aromatic ring is 1. The molecule has 3 rings (SSSR count). The van der Waals surface area contributed by atoms with E-state index in [2.05, 4.69) is 15.0 Å². The summed E-state index contributed by atoms with van der Waals surface area (Å²) in [6.07, 6.45) is -4.17. The molecule has 3 atom stereocenters. The van der Waals surface area contributed by atoms with Gasteiger partial charge in [-0.1, -0.05) is 0 Å². The van der Waals surface area contributed by atoms with E-state index in [1.54, 1.807) is 0 Å². The first-order valence-electron chi connectivity index (χ1n) is 6.82. The molecule has 2 aromatic heterocycles. The van der Waals surface area contributed by atoms with Crippen molar-refractivity contribution in [2.75, 3.05) is 18.5 Å². The molecule has 0 aliphatic carbocycles. The predicted molar refractivity (Wildman–Crippen MR) is 77.8 cm³/mol. The van der Waals surface area contributed by atoms with Crippen LogP contribution in [0.1, 0.15) is 12.6 Å². The number of halogens is 2. The first-order chi connectivity index (χ1) is 11.1. The van der Waals surface area contributed by atoms with E-state index in [4.69, 9.17) is 20.3 Å². The van der Waals surface area contributed by atoms with Gasteiger partial charge in [-0.05, 0) is 6.42 Å². The van der Waals surface area contributed by atoms with Gasteiger partial charge in [0.05, 0.1) is 19.1 Å². The highest BCUT2D eigenvalue weighted by atomic mass is 31.2. The number of nitrogens with zero attached hydrogens (tertiary/aromatic N) is 3. The number of rotatable bonds is 4. The average Bonchev–Trinajstić information content (AvgIpc) is 3.00. The SMILES string of the molecule is Nc1nc2c(ncn2[C@H]2OC[C@@](F)(CCP(=O)(O)O)[C@H]2F)c(=O)[nH]1. The molecule has 5 N–H and O–H groups in total. The Balaban J connectivity index is 1.92. The first-order valence-corrected chi connectivity index (χ1v) is 8.62. The molecule has 2 aromatic rings. The van der Waals surface area contributed by atoms with Crippen LogP contribution in [0.3, 0.4) is 0 Å². The zero-order chi connectivity index (χ0) is 17.7. The molecule has 1 saturated heterocycles. The van der Waals surface area contributed by atoms with Crippen molar-refractivity contribution in [2.45, 2.75) is 24.5 Å². The number of ether oxygens (including phenoxy) is 1. The van der Waals surface area contributed by atoms with Gasteiger partial charge in [0.2, 0.25) is 5.95 Å². The third-order valence-electron chi connectivity index (χ3n) is 3.78. The largest absolute Gasteiger partial charge is 0.369 e. The van der Waals surface area contributed by atoms with Gasteiger partial charge in [0.1, 0.15) is 0 Å². The lowest BCUT2D eigenvalue weighted by molar-refractivity contribution is 0.0231. The predicted octanol–water partition coefficient (Wildman–Crippen LogP) is -0.155. The fourth-order valence-corrected chi connectivity index (χ4v) is 3.20. The van der Waals surface area contributed by atoms with E-state index in [0.29, 0.717) is 0 Å². The Kier molecular flexibility index (Phi) is 3.95. The normalized spacial score (nSPS) is 27.8. The van der Waals surface area contributed by atoms with Gasteiger partial charge in [0.25, 0.3) is 5.56 Å². The second-order valence-corrected chi connectivity index (χ2v) is 7.33. The van der Waals surface area contributed by atoms with E-state index in [1.807, 2.05) is 0 Å². The Morgan fingerprint density at radius 2 is 2.29 bits per heavy atom. The maximum atomic E-state index is 14.6. The van der Waals surface area contributed by atoms with Crippen LogP contribution in [0.4, 0.5) is 14.7 Å². The van der Waals surface area contributed by atoms with Crippen LogP contribution in [0.25, 0.3) is 11.2 Å². The van der Waals surface area contributed by atoms with Crippen molar-refractivity contribution < 1.29 is 27.9 Å². The number of hydrogen-bond donors (Lipinski definition) is 4. The Morgan fingerprint density at radius 1 is 1.58 bits per heavy atom. The maximum Gasteiger partial charge on any atom is 0.325 e. The minimum absolute atomic E-state index is 0.0804. The summed E-state index contributed by atoms with van der Waals surface area (Å²) in [7, 11) is -4.47. The molecule has 1 aliphatic heterocycles. The van der Waals surface area contributed by atoms with Crippen molar-refractivity contribution in [2.24, 2.45) is 0 Å². The molecule has 0 unspecified atom stereocenters. The molecule has 0 aromatic carbocycles. The van der Waals surface area contributed by atoms with Crippen LogP contribution >= 0.6 is 7.60 Å². The third kappa shape index (κ3) is 2.93. The highest BCUT2D eigenvalue weighted by Gasteiger charge is 2.53. The number of nitrogens with two attached hydrogens (primary N) is 1. The van der Waals surface area contributed by atoms with E-state index in [0.717, 1.165) is 10.9 Å². The molecule has 1 aliphatic rings. The zero-order valence-electron chi connectivity index (χ0n) is 12.1. The van der Waals surface area contributed by atoms with Gasteiger partial charge in [0.15, 0.2) is 29.2 Å². The number of anilines is 1. The fourth-order valence-electron chi connectivity index (χ4n) is 2.54. The van der Waals surface area contributed by atoms with E-state index in [-0.39, 0.29) is 17.1 Å². The summed E-state index contributed by atoms with van der Waals surface area (Å²) in [5.41, 5.74) is 2.02. The number of aromatic amines is 1. The number of fused-ring (bicyclic) bond motifs is 1. The van der Waals surface area contributed by atoms with Crippen LogP contribution in [0.15, 0.2) is 11.1 Å². The minimum atomic E-state index is -4.47. The first kappa shape index (κ1) is 17.0. The van der Waals surface area contributed by atoms with Gasteiger partial charge in [-0.3, -0.25) is 18.9 Å². The van der Waals surface area contributed by atoms with Crippen LogP contribution in [0, 0.1) is 0 Å². The number of nitrogens with one attached hydrogen (secondary N) is 1. The molecule has 0 spiro atoms. The van der Waals surface area contributed by atoms with Crippen molar-refractivity contribution in [3.8, 4) is 0 Å². The summed E-state index contributed by atoms with van der Waals surface area (Å²) in [4.78, 5) is 39.2. The smallest absolute Gasteiger partial charge is 0.325 e. The molecule has 0 amide bonds. The van der Waals surface area contributed by atoms with Gasteiger partial charge < -0.3 is 20.3 Å². The summed E-state index contributed by atoms with van der Waals surface area (Å²) >= 11 is 0. The lowest BCUT2D eigenvalue weighted by Crippen LogP contribution is -2.36. The van der Waals surface area contributed by atoms with Gasteiger partial charge in [-0.25, -0.2) is 13.8 Å². The van der Waals surface area contributed by atoms with Crippen LogP contribution in [0.5, 0.6) is 0 Å². The molecular formula is C11H14F2N5O5P. The number of H-pyrrole nitrogens is 1. The molecule has 1 fully saturated rings. The monoisotopic (exact) mass is 365 g/mol. The Labute approximate surface area is 132 Å². The van der Waals surface area contributed by atoms with Crippen LogP contribution < -0.4 is 11.3 Å². The Morgan fingerprint density at radius 3 is 2.96 bits per heavy atom. The van der Waals surface area contributed by atoms with Gasteiger partial charge in [-0.2, -0.15) is 4.98 Å². The molecule has 10 nitrogen and oxygen atoms in total. The van der Waals surface area contributed by atoms with Gasteiger partial charge in [0, 0.05) is 0 Å². The van der Waals surface area contributed by atoms with Crippen LogP contribution in [0.2, 0.25) is 0 Å². The lowest BCUT2D eigenvalue weighted by Gasteiger charge is -2.22. The standard InChI is InChI=1S/C11H14F2N5O5P/c12-6-9(23-3-11(6,13)1-2-24(20,21)22)18-4-15-5-7(18)16-10(14)17-8(5)19/h4,6,9H,1-3H2,(H2,20,21,22)(H3,14,16,17,19)/t6-,9-,11-/m0/s1. The maximum absolute atomic E-state index is 14.6. The second kappa shape index (κ2) is 5.59. The zero-order valence-corrected chi connectivity index (χ0v) is 13.0. The summed E-state index contributed by atoms with van der Waals surface area (Å²) < 4.78 is 46.2. The molecule has 0 bridgehead atoms. The average molecular weight is 365 g/mol. The molecular weight excluding hydrogens is 351 g/mol. The Hall–Kier alpha value is -1.88. The topological polar surface area (TPSA) is 156 Å². The van der Waals surface area contributed by atoms with E-state index >= 15 is 0 Å². The minimum Gasteiger partial charge on any atom is -0.369 e. The van der Waals surface area contributed by atoms with E-state index in [9.17, 15) is 18.1 Å². The van der Waals surface area contributed by atoms with Crippen molar-refractivity contribution >= 4 is 24.7 Å². The highest BCUT2D eigenvalue weighted by Crippen LogP contribution is 2.44. The third-order valence-corrected chi connectivity index (χ3v) is 4.59. The van der Waals surface area contributed by atoms with Crippen LogP contribution in [-0.4, -0.2) is 53.9 Å². The number of aromatic nitrogens is 4. The van der Waals surface area contributed by atoms with Gasteiger partial charge >= 0.3 is 7.60 Å². The molecule has 0 saturated carbocycles. The van der Waals surface area contributed by atoms with Crippen LogP contribution in [-0.2, 0) is 9.30 Å². The lowest BCUT2D eigenvalue weighted by atomic mass is 9.99. The van der Waals surface area contributed by atoms with Crippen molar-refractivity contribution in [1.82, 2.24) is 19.5 Å². The molecule has 13 heteroatoms. The van der Waals surface area contributed by atoms with E-state index < -0.39 is 50.4 Å². The summed E-state index contributed by atoms with van der Waals surface area (Å²) in [6.45, 7) is -0.697. The summed E-state index contributed by atoms with van der Waals surface area (Å²) in [5, 5.41) is 0. The number of imidazole rings is 1. The molecule has 3 heterocycles. The van der Waals surface area contributed by atoms with Crippen molar-refractivity contribution in [1.29, 1.82) is 0 Å². The molecule has 24 heavy (non-hydrogen) atoms. The highest BCUT2D eigenvalue weighted by molar-refractivity contribution is 7.51. The van der Waals surface area contributed by atoms with Crippen molar-refractivity contribution in [3.05, 3.63) is 16.7 Å². The fraction of sp³-hybridized carbons (Fsp3) is 0.545. The van der Waals surface area contributed by atoms with Gasteiger partial charge in [-0.15, -0.1) is 0 Å². The quantitative estimate of drug-likeness (QED) is 0.545. The number of alkyl halides is 2. The van der Waals surface area contributed by atoms with E-state index in [1.165, 1.54) is 0 Å². The molecule has 132 valence electrons.